The zero-order valence-electron chi connectivity index (χ0n) is 2.72. The molecule has 0 atom stereocenters. The van der Waals surface area contributed by atoms with E-state index in [2.05, 4.69) is 10.3 Å². The molecule has 38 valence electrons. The molecule has 0 aromatic rings. The second kappa shape index (κ2) is 1.69. The minimum absolute atomic E-state index is 2.34. The van der Waals surface area contributed by atoms with Crippen molar-refractivity contribution < 1.29 is 34.5 Å². The van der Waals surface area contributed by atoms with Crippen LogP contribution in [0.1, 0.15) is 0 Å². The van der Waals surface area contributed by atoms with E-state index in [0.717, 1.165) is 0 Å². The summed E-state index contributed by atoms with van der Waals surface area (Å²) in [6, 6.07) is 0. The predicted molar refractivity (Wildman–Crippen MR) is 3.97 cm³/mol. The number of hydrogen-bond acceptors (Lipinski definition) is 4. The highest BCUT2D eigenvalue weighted by Crippen LogP contribution is 1.71. The Kier molecular flexibility index (Phi) is 1.72. The Morgan fingerprint density at radius 2 is 1.50 bits per heavy atom. The summed E-state index contributed by atoms with van der Waals surface area (Å²) in [5, 5.41) is 0. The molecule has 0 aromatic carbocycles. The van der Waals surface area contributed by atoms with Gasteiger partial charge < -0.3 is 0 Å². The summed E-state index contributed by atoms with van der Waals surface area (Å²) in [5.74, 6) is 2.34. The molecular weight excluding hydrogens is 113 g/mol. The summed E-state index contributed by atoms with van der Waals surface area (Å²) < 4.78 is 30.5. The molecule has 0 rings (SSSR count). The number of hydrogen-bond donors (Lipinski definition) is 1. The van der Waals surface area contributed by atoms with Crippen molar-refractivity contribution >= 4 is 0 Å². The van der Waals surface area contributed by atoms with Crippen molar-refractivity contribution in [1.82, 2.24) is 0 Å². The zero-order chi connectivity index (χ0) is 5.21. The maximum Gasteiger partial charge on any atom is 0.263 e. The zero-order valence-corrected chi connectivity index (χ0v) is 3.47. The fourth-order valence-electron chi connectivity index (χ4n) is 0. The van der Waals surface area contributed by atoms with Crippen LogP contribution in [0.25, 0.3) is 0 Å². The lowest BCUT2D eigenvalue weighted by Gasteiger charge is -2.03. The van der Waals surface area contributed by atoms with Crippen molar-refractivity contribution in [2.45, 2.75) is 0 Å². The van der Waals surface area contributed by atoms with Gasteiger partial charge in [-0.05, 0) is 0 Å². The Balaban J connectivity index is 3.17. The van der Waals surface area contributed by atoms with Gasteiger partial charge in [-0.1, -0.05) is 5.90 Å². The normalized spacial score (nSPS) is 12.0. The van der Waals surface area contributed by atoms with Crippen LogP contribution < -0.4 is 19.9 Å². The van der Waals surface area contributed by atoms with Gasteiger partial charge in [0.15, 0.2) is 0 Å². The van der Waals surface area contributed by atoms with Gasteiger partial charge in [-0.2, -0.15) is 14.0 Å². The number of halogens is 1. The Bertz CT molecular complexity index is 37.3. The SMILES string of the molecule is [NH3+]O[Cl+3]([O-])([O-])[O-]. The standard InChI is InChI=1S/ClH3NO4/c2-6-1(3,4)5/h2H3/q+1. The van der Waals surface area contributed by atoms with Crippen LogP contribution in [-0.2, 0) is 4.39 Å². The third-order valence-corrected chi connectivity index (χ3v) is 0.401. The van der Waals surface area contributed by atoms with Crippen molar-refractivity contribution in [2.75, 3.05) is 0 Å². The van der Waals surface area contributed by atoms with Crippen LogP contribution in [0.3, 0.4) is 0 Å². The average Bonchev–Trinajstić information content (AvgIpc) is 1.35. The maximum atomic E-state index is 9.13. The molecule has 6 heteroatoms. The van der Waals surface area contributed by atoms with Gasteiger partial charge in [0.2, 0.25) is 0 Å². The van der Waals surface area contributed by atoms with Gasteiger partial charge in [-0.15, -0.1) is 0 Å². The Hall–Kier alpha value is 0.0900. The monoisotopic (exact) mass is 116 g/mol. The predicted octanol–water partition coefficient (Wildman–Crippen LogP) is -4.94. The maximum absolute atomic E-state index is 9.13. The molecule has 0 radical (unpaired) electrons. The third kappa shape index (κ3) is 4.09. The first-order chi connectivity index (χ1) is 2.56. The fourth-order valence-corrected chi connectivity index (χ4v) is 0. The topological polar surface area (TPSA) is 106 Å². The minimum atomic E-state index is -4.29. The van der Waals surface area contributed by atoms with E-state index in [0.29, 0.717) is 0 Å². The van der Waals surface area contributed by atoms with Crippen molar-refractivity contribution in [2.24, 2.45) is 0 Å². The van der Waals surface area contributed by atoms with E-state index in [4.69, 9.17) is 14.0 Å². The summed E-state index contributed by atoms with van der Waals surface area (Å²) >= 11 is 0. The summed E-state index contributed by atoms with van der Waals surface area (Å²) in [5.41, 5.74) is 0. The summed E-state index contributed by atoms with van der Waals surface area (Å²) in [6.07, 6.45) is 0. The summed E-state index contributed by atoms with van der Waals surface area (Å²) in [7, 11) is -4.29. The van der Waals surface area contributed by atoms with Crippen molar-refractivity contribution in [3.63, 3.8) is 0 Å². The lowest BCUT2D eigenvalue weighted by molar-refractivity contribution is -1.94. The first-order valence-corrected chi connectivity index (χ1v) is 2.14. The van der Waals surface area contributed by atoms with Gasteiger partial charge in [0.1, 0.15) is 10.2 Å². The highest BCUT2D eigenvalue weighted by atomic mass is 35.7. The molecule has 6 heavy (non-hydrogen) atoms. The smallest absolute Gasteiger partial charge is 0.177 e. The van der Waals surface area contributed by atoms with E-state index >= 15 is 0 Å². The molecule has 0 aliphatic carbocycles. The van der Waals surface area contributed by atoms with Crippen LogP contribution >= 0.6 is 0 Å². The van der Waals surface area contributed by atoms with Crippen LogP contribution in [0.5, 0.6) is 0 Å². The average molecular weight is 116 g/mol. The van der Waals surface area contributed by atoms with Crippen LogP contribution in [0.15, 0.2) is 0 Å². The lowest BCUT2D eigenvalue weighted by Crippen LogP contribution is -2.71. The molecule has 5 nitrogen and oxygen atoms in total. The van der Waals surface area contributed by atoms with Crippen LogP contribution in [0.2, 0.25) is 0 Å². The summed E-state index contributed by atoms with van der Waals surface area (Å²) in [6.45, 7) is 0. The quantitative estimate of drug-likeness (QED) is 0.346. The van der Waals surface area contributed by atoms with E-state index in [1.807, 2.05) is 0 Å². The minimum Gasteiger partial charge on any atom is -0.177 e. The Morgan fingerprint density at radius 3 is 1.50 bits per heavy atom. The van der Waals surface area contributed by atoms with Crippen LogP contribution in [0, 0.1) is 10.2 Å². The number of quaternary nitrogens is 1. The fraction of sp³-hybridized carbons (Fsp3) is 0. The summed E-state index contributed by atoms with van der Waals surface area (Å²) in [4.78, 5) is 0. The van der Waals surface area contributed by atoms with Crippen molar-refractivity contribution in [3.05, 3.63) is 0 Å². The molecule has 0 saturated carbocycles. The molecule has 0 heterocycles. The molecule has 0 saturated heterocycles. The first kappa shape index (κ1) is 6.09. The van der Waals surface area contributed by atoms with Crippen molar-refractivity contribution in [1.29, 1.82) is 0 Å². The molecule has 0 spiro atoms. The molecule has 0 aliphatic rings. The Morgan fingerprint density at radius 1 is 1.33 bits per heavy atom. The van der Waals surface area contributed by atoms with Crippen LogP contribution in [0.4, 0.5) is 0 Å². The third-order valence-electron chi connectivity index (χ3n) is 0.134. The first-order valence-electron chi connectivity index (χ1n) is 0.906. The molecular formula is H3ClNO4+. The van der Waals surface area contributed by atoms with Gasteiger partial charge in [0, 0.05) is 0 Å². The largest absolute Gasteiger partial charge is 0.263 e. The second-order valence-corrected chi connectivity index (χ2v) is 1.46. The molecule has 0 unspecified atom stereocenters. The van der Waals surface area contributed by atoms with E-state index < -0.39 is 10.2 Å². The van der Waals surface area contributed by atoms with Gasteiger partial charge in [-0.25, -0.2) is 0 Å². The lowest BCUT2D eigenvalue weighted by atomic mass is 13.6. The second-order valence-electron chi connectivity index (χ2n) is 0.487. The van der Waals surface area contributed by atoms with E-state index in [-0.39, 0.29) is 0 Å². The van der Waals surface area contributed by atoms with E-state index in [1.165, 1.54) is 0 Å². The Labute approximate surface area is 35.6 Å². The molecule has 0 aliphatic heterocycles. The number of rotatable bonds is 1. The van der Waals surface area contributed by atoms with E-state index in [1.54, 1.807) is 0 Å². The molecule has 0 aromatic heterocycles. The highest BCUT2D eigenvalue weighted by molar-refractivity contribution is 2.39. The van der Waals surface area contributed by atoms with Gasteiger partial charge in [0.05, 0.1) is 0 Å². The molecule has 0 amide bonds. The van der Waals surface area contributed by atoms with Crippen molar-refractivity contribution in [3.8, 4) is 0 Å². The highest BCUT2D eigenvalue weighted by Gasteiger charge is 2.14. The van der Waals surface area contributed by atoms with Gasteiger partial charge >= 0.3 is 0 Å². The van der Waals surface area contributed by atoms with Gasteiger partial charge in [-0.3, -0.25) is 0 Å². The van der Waals surface area contributed by atoms with E-state index in [9.17, 15) is 0 Å². The van der Waals surface area contributed by atoms with Crippen LogP contribution in [-0.4, -0.2) is 0 Å². The molecule has 0 fully saturated rings. The van der Waals surface area contributed by atoms with Gasteiger partial charge in [0.25, 0.3) is 4.39 Å². The molecule has 3 N–H and O–H groups in total. The molecule has 0 bridgehead atoms.